The lowest BCUT2D eigenvalue weighted by Gasteiger charge is -2.35. The van der Waals surface area contributed by atoms with Crippen LogP contribution < -0.4 is 15.6 Å². The van der Waals surface area contributed by atoms with E-state index < -0.39 is 5.97 Å². The number of anilines is 2. The number of nitrogens with one attached hydrogen (secondary N) is 1. The van der Waals surface area contributed by atoms with Crippen LogP contribution in [0.25, 0.3) is 22.3 Å². The van der Waals surface area contributed by atoms with E-state index >= 15 is 0 Å². The van der Waals surface area contributed by atoms with Crippen molar-refractivity contribution in [2.75, 3.05) is 36.4 Å². The third kappa shape index (κ3) is 5.17. The summed E-state index contributed by atoms with van der Waals surface area (Å²) in [6.07, 6.45) is 0. The Morgan fingerprint density at radius 1 is 0.975 bits per heavy atom. The number of nitrogens with zero attached hydrogens (tertiary/aromatic N) is 2. The lowest BCUT2D eigenvalue weighted by molar-refractivity contribution is -0.129. The van der Waals surface area contributed by atoms with Crippen LogP contribution in [0.5, 0.6) is 0 Å². The summed E-state index contributed by atoms with van der Waals surface area (Å²) in [6, 6.07) is 18.2. The molecule has 1 fully saturated rings. The van der Waals surface area contributed by atoms with E-state index in [0.29, 0.717) is 41.1 Å². The molecule has 1 aromatic heterocycles. The highest BCUT2D eigenvalue weighted by Crippen LogP contribution is 2.33. The molecule has 2 heterocycles. The molecule has 1 atom stereocenters. The molecule has 3 aromatic carbocycles. The first kappa shape index (κ1) is 27.0. The first-order chi connectivity index (χ1) is 19.1. The Hall–Kier alpha value is -4.59. The van der Waals surface area contributed by atoms with Crippen LogP contribution in [0.15, 0.2) is 69.9 Å². The van der Waals surface area contributed by atoms with E-state index in [1.807, 2.05) is 55.1 Å². The van der Waals surface area contributed by atoms with Gasteiger partial charge in [0.1, 0.15) is 11.3 Å². The van der Waals surface area contributed by atoms with Gasteiger partial charge in [-0.2, -0.15) is 0 Å². The van der Waals surface area contributed by atoms with Crippen LogP contribution in [0.3, 0.4) is 0 Å². The second kappa shape index (κ2) is 10.9. The van der Waals surface area contributed by atoms with Crippen LogP contribution in [-0.4, -0.2) is 48.1 Å². The molecule has 2 N–H and O–H groups in total. The maximum Gasteiger partial charge on any atom is 0.337 e. The van der Waals surface area contributed by atoms with Gasteiger partial charge in [-0.3, -0.25) is 9.59 Å². The van der Waals surface area contributed by atoms with Gasteiger partial charge in [-0.25, -0.2) is 4.79 Å². The summed E-state index contributed by atoms with van der Waals surface area (Å²) in [7, 11) is 0. The first-order valence-corrected chi connectivity index (χ1v) is 13.4. The molecule has 0 spiro atoms. The molecule has 0 bridgehead atoms. The van der Waals surface area contributed by atoms with Crippen LogP contribution in [-0.2, 0) is 4.79 Å². The minimum Gasteiger partial charge on any atom is -0.478 e. The van der Waals surface area contributed by atoms with Crippen molar-refractivity contribution in [3.8, 4) is 11.3 Å². The Bertz CT molecular complexity index is 1650. The van der Waals surface area contributed by atoms with Gasteiger partial charge in [-0.1, -0.05) is 18.2 Å². The number of carboxylic acid groups (broad SMARTS) is 1. The van der Waals surface area contributed by atoms with Crippen LogP contribution in [0.2, 0.25) is 0 Å². The van der Waals surface area contributed by atoms with Crippen molar-refractivity contribution in [2.45, 2.75) is 33.7 Å². The van der Waals surface area contributed by atoms with E-state index in [4.69, 9.17) is 4.42 Å². The van der Waals surface area contributed by atoms with Crippen molar-refractivity contribution in [1.29, 1.82) is 0 Å². The molecular weight excluding hydrogens is 506 g/mol. The summed E-state index contributed by atoms with van der Waals surface area (Å²) in [6.45, 7) is 10.2. The van der Waals surface area contributed by atoms with Gasteiger partial charge in [0.15, 0.2) is 5.43 Å². The molecule has 4 aromatic rings. The van der Waals surface area contributed by atoms with E-state index in [9.17, 15) is 19.5 Å². The summed E-state index contributed by atoms with van der Waals surface area (Å²) in [5, 5.41) is 13.4. The van der Waals surface area contributed by atoms with Gasteiger partial charge in [-0.05, 0) is 68.8 Å². The van der Waals surface area contributed by atoms with Crippen molar-refractivity contribution in [3.05, 3.63) is 93.1 Å². The number of piperazine rings is 1. The molecule has 8 nitrogen and oxygen atoms in total. The predicted octanol–water partition coefficient (Wildman–Crippen LogP) is 5.62. The van der Waals surface area contributed by atoms with Crippen molar-refractivity contribution >= 4 is 34.2 Å². The topological polar surface area (TPSA) is 103 Å². The number of benzene rings is 3. The zero-order valence-electron chi connectivity index (χ0n) is 23.2. The molecule has 1 aliphatic rings. The molecular formula is C32H33N3O5. The summed E-state index contributed by atoms with van der Waals surface area (Å²) in [5.74, 6) is -0.409. The fourth-order valence-electron chi connectivity index (χ4n) is 5.37. The number of carbonyl (C=O) groups excluding carboxylic acids is 1. The van der Waals surface area contributed by atoms with Crippen LogP contribution in [0, 0.1) is 13.8 Å². The highest BCUT2D eigenvalue weighted by Gasteiger charge is 2.22. The number of aromatic carboxylic acids is 1. The van der Waals surface area contributed by atoms with Gasteiger partial charge >= 0.3 is 5.97 Å². The van der Waals surface area contributed by atoms with E-state index in [0.717, 1.165) is 35.5 Å². The van der Waals surface area contributed by atoms with Crippen molar-refractivity contribution in [2.24, 2.45) is 0 Å². The average Bonchev–Trinajstić information content (AvgIpc) is 2.95. The summed E-state index contributed by atoms with van der Waals surface area (Å²) in [4.78, 5) is 41.0. The molecule has 8 heteroatoms. The number of hydrogen-bond acceptors (Lipinski definition) is 6. The molecule has 0 aliphatic carbocycles. The Morgan fingerprint density at radius 2 is 1.65 bits per heavy atom. The highest BCUT2D eigenvalue weighted by atomic mass is 16.4. The van der Waals surface area contributed by atoms with Crippen molar-refractivity contribution in [1.82, 2.24) is 4.90 Å². The Balaban J connectivity index is 1.50. The maximum atomic E-state index is 13.6. The minimum absolute atomic E-state index is 0.0937. The van der Waals surface area contributed by atoms with Crippen LogP contribution in [0.1, 0.15) is 46.9 Å². The number of rotatable bonds is 6. The Kier molecular flexibility index (Phi) is 7.34. The van der Waals surface area contributed by atoms with Crippen molar-refractivity contribution in [3.63, 3.8) is 0 Å². The molecule has 0 saturated carbocycles. The fraction of sp³-hybridized carbons (Fsp3) is 0.281. The third-order valence-corrected chi connectivity index (χ3v) is 7.61. The number of amides is 1. The molecule has 0 radical (unpaired) electrons. The minimum atomic E-state index is -1.02. The summed E-state index contributed by atoms with van der Waals surface area (Å²) in [5.41, 5.74) is 5.12. The van der Waals surface area contributed by atoms with E-state index in [2.05, 4.69) is 10.2 Å². The van der Waals surface area contributed by atoms with Gasteiger partial charge in [-0.15, -0.1) is 0 Å². The summed E-state index contributed by atoms with van der Waals surface area (Å²) >= 11 is 0. The van der Waals surface area contributed by atoms with E-state index in [1.54, 1.807) is 38.1 Å². The number of fused-ring (bicyclic) bond motifs is 1. The summed E-state index contributed by atoms with van der Waals surface area (Å²) < 4.78 is 6.49. The Labute approximate surface area is 232 Å². The van der Waals surface area contributed by atoms with E-state index in [-0.39, 0.29) is 22.9 Å². The number of carbonyl (C=O) groups is 2. The lowest BCUT2D eigenvalue weighted by Crippen LogP contribution is -2.48. The first-order valence-electron chi connectivity index (χ1n) is 13.4. The monoisotopic (exact) mass is 539 g/mol. The molecule has 5 rings (SSSR count). The van der Waals surface area contributed by atoms with Gasteiger partial charge in [0.05, 0.1) is 17.0 Å². The molecule has 0 unspecified atom stereocenters. The largest absolute Gasteiger partial charge is 0.478 e. The highest BCUT2D eigenvalue weighted by molar-refractivity contribution is 5.94. The lowest BCUT2D eigenvalue weighted by atomic mass is 9.98. The maximum absolute atomic E-state index is 13.6. The Morgan fingerprint density at radius 3 is 2.30 bits per heavy atom. The normalized spacial score (nSPS) is 14.3. The SMILES string of the molecule is CC(=O)N1CCN(c2ccc(-c3oc4c([C@H](C)Nc5ccccc5C(=O)O)cc(C)cc4c(=O)c3C)cc2)CC1. The number of aryl methyl sites for hydroxylation is 1. The van der Waals surface area contributed by atoms with Crippen LogP contribution in [0.4, 0.5) is 11.4 Å². The second-order valence-electron chi connectivity index (χ2n) is 10.4. The molecule has 1 aliphatic heterocycles. The standard InChI is InChI=1S/C32H33N3O5/c1-19-17-26(21(3)33-28-8-6-5-7-25(28)32(38)39)31-27(18-19)29(37)20(2)30(40-31)23-9-11-24(12-10-23)35-15-13-34(14-16-35)22(4)36/h5-12,17-18,21,33H,13-16H2,1-4H3,(H,38,39)/t21-/m0/s1. The third-order valence-electron chi connectivity index (χ3n) is 7.61. The molecule has 1 saturated heterocycles. The molecule has 1 amide bonds. The van der Waals surface area contributed by atoms with Gasteiger partial charge < -0.3 is 24.6 Å². The molecule has 40 heavy (non-hydrogen) atoms. The number of hydrogen-bond donors (Lipinski definition) is 2. The van der Waals surface area contributed by atoms with Gasteiger partial charge in [0.25, 0.3) is 0 Å². The second-order valence-corrected chi connectivity index (χ2v) is 10.4. The van der Waals surface area contributed by atoms with E-state index in [1.165, 1.54) is 0 Å². The van der Waals surface area contributed by atoms with Gasteiger partial charge in [0.2, 0.25) is 5.91 Å². The molecule has 206 valence electrons. The number of para-hydroxylation sites is 1. The average molecular weight is 540 g/mol. The quantitative estimate of drug-likeness (QED) is 0.328. The van der Waals surface area contributed by atoms with Crippen molar-refractivity contribution < 1.29 is 19.1 Å². The number of carboxylic acids is 1. The van der Waals surface area contributed by atoms with Crippen LogP contribution >= 0.6 is 0 Å². The van der Waals surface area contributed by atoms with Gasteiger partial charge in [0, 0.05) is 61.2 Å². The fourth-order valence-corrected chi connectivity index (χ4v) is 5.37. The zero-order chi connectivity index (χ0) is 28.6. The smallest absolute Gasteiger partial charge is 0.337 e. The predicted molar refractivity (Wildman–Crippen MR) is 157 cm³/mol. The zero-order valence-corrected chi connectivity index (χ0v) is 23.2.